The number of thioether (sulfide) groups is 1. The maximum atomic E-state index is 12.6. The van der Waals surface area contributed by atoms with Crippen LogP contribution in [0, 0.1) is 6.92 Å². The molecule has 2 rings (SSSR count). The lowest BCUT2D eigenvalue weighted by Crippen LogP contribution is -2.50. The van der Waals surface area contributed by atoms with Gasteiger partial charge in [-0.1, -0.05) is 12.1 Å². The Bertz CT molecular complexity index is 535. The quantitative estimate of drug-likeness (QED) is 0.910. The molecule has 1 fully saturated rings. The number of anilines is 1. The predicted octanol–water partition coefficient (Wildman–Crippen LogP) is 2.40. The fourth-order valence-corrected chi connectivity index (χ4v) is 3.41. The van der Waals surface area contributed by atoms with E-state index in [2.05, 4.69) is 0 Å². The van der Waals surface area contributed by atoms with Crippen LogP contribution in [0.25, 0.3) is 0 Å². The van der Waals surface area contributed by atoms with Gasteiger partial charge in [0, 0.05) is 18.5 Å². The second-order valence-electron chi connectivity index (χ2n) is 4.87. The van der Waals surface area contributed by atoms with Gasteiger partial charge in [-0.3, -0.25) is 9.80 Å². The highest BCUT2D eigenvalue weighted by molar-refractivity contribution is 8.00. The first-order valence-corrected chi connectivity index (χ1v) is 7.44. The van der Waals surface area contributed by atoms with Gasteiger partial charge in [0.1, 0.15) is 6.04 Å². The molecule has 1 aliphatic heterocycles. The Morgan fingerprint density at radius 3 is 2.75 bits per heavy atom. The summed E-state index contributed by atoms with van der Waals surface area (Å²) >= 11 is 1.48. The van der Waals surface area contributed by atoms with Gasteiger partial charge in [0.2, 0.25) is 0 Å². The molecule has 0 radical (unpaired) electrons. The first-order chi connectivity index (χ1) is 9.41. The topological polar surface area (TPSA) is 60.9 Å². The van der Waals surface area contributed by atoms with Gasteiger partial charge in [-0.15, -0.1) is 11.8 Å². The summed E-state index contributed by atoms with van der Waals surface area (Å²) in [4.78, 5) is 26.8. The van der Waals surface area contributed by atoms with Crippen LogP contribution in [0.1, 0.15) is 12.5 Å². The number of rotatable bonds is 2. The van der Waals surface area contributed by atoms with E-state index in [1.165, 1.54) is 21.6 Å². The van der Waals surface area contributed by atoms with Crippen LogP contribution in [-0.4, -0.2) is 46.2 Å². The van der Waals surface area contributed by atoms with Crippen molar-refractivity contribution in [1.82, 2.24) is 4.90 Å². The van der Waals surface area contributed by atoms with Crippen molar-refractivity contribution >= 4 is 29.4 Å². The first-order valence-electron chi connectivity index (χ1n) is 6.39. The van der Waals surface area contributed by atoms with E-state index in [-0.39, 0.29) is 11.4 Å². The molecular weight excluding hydrogens is 276 g/mol. The molecule has 2 amide bonds. The summed E-state index contributed by atoms with van der Waals surface area (Å²) in [6, 6.07) is 6.55. The number of aliphatic carboxylic acids is 1. The molecule has 2 unspecified atom stereocenters. The molecule has 6 heteroatoms. The molecular formula is C14H18N2O3S. The molecule has 0 bridgehead atoms. The summed E-state index contributed by atoms with van der Waals surface area (Å²) in [7, 11) is 1.67. The third-order valence-electron chi connectivity index (χ3n) is 3.40. The molecule has 2 atom stereocenters. The van der Waals surface area contributed by atoms with Crippen LogP contribution < -0.4 is 4.90 Å². The van der Waals surface area contributed by atoms with Gasteiger partial charge >= 0.3 is 12.0 Å². The van der Waals surface area contributed by atoms with E-state index in [4.69, 9.17) is 0 Å². The summed E-state index contributed by atoms with van der Waals surface area (Å²) in [5, 5.41) is 9.09. The number of benzene rings is 1. The van der Waals surface area contributed by atoms with Crippen LogP contribution in [0.4, 0.5) is 10.5 Å². The van der Waals surface area contributed by atoms with Gasteiger partial charge in [0.25, 0.3) is 0 Å². The van der Waals surface area contributed by atoms with E-state index in [9.17, 15) is 14.7 Å². The van der Waals surface area contributed by atoms with Crippen molar-refractivity contribution in [3.63, 3.8) is 0 Å². The zero-order valence-electron chi connectivity index (χ0n) is 11.7. The van der Waals surface area contributed by atoms with Crippen LogP contribution in [0.5, 0.6) is 0 Å². The van der Waals surface area contributed by atoms with Crippen molar-refractivity contribution in [2.45, 2.75) is 25.3 Å². The number of hydrogen-bond acceptors (Lipinski definition) is 3. The normalized spacial score (nSPS) is 21.9. The number of urea groups is 1. The third-order valence-corrected chi connectivity index (χ3v) is 4.62. The van der Waals surface area contributed by atoms with E-state index in [1.807, 2.05) is 38.1 Å². The van der Waals surface area contributed by atoms with Gasteiger partial charge in [-0.2, -0.15) is 0 Å². The lowest BCUT2D eigenvalue weighted by molar-refractivity contribution is -0.141. The van der Waals surface area contributed by atoms with Crippen LogP contribution in [0.3, 0.4) is 0 Å². The number of carboxylic acids is 1. The van der Waals surface area contributed by atoms with Gasteiger partial charge in [0.15, 0.2) is 0 Å². The molecule has 0 aromatic heterocycles. The monoisotopic (exact) mass is 294 g/mol. The van der Waals surface area contributed by atoms with Crippen molar-refractivity contribution in [3.8, 4) is 0 Å². The Kier molecular flexibility index (Phi) is 4.23. The summed E-state index contributed by atoms with van der Waals surface area (Å²) in [6.07, 6.45) is 0. The summed E-state index contributed by atoms with van der Waals surface area (Å²) in [6.45, 7) is 3.81. The molecule has 0 saturated carbocycles. The number of aryl methyl sites for hydroxylation is 1. The molecule has 1 N–H and O–H groups in total. The van der Waals surface area contributed by atoms with E-state index in [1.54, 1.807) is 7.05 Å². The summed E-state index contributed by atoms with van der Waals surface area (Å²) < 4.78 is 0. The molecule has 1 aromatic carbocycles. The lowest BCUT2D eigenvalue weighted by atomic mass is 10.2. The highest BCUT2D eigenvalue weighted by Gasteiger charge is 2.40. The fraction of sp³-hybridized carbons (Fsp3) is 0.429. The average Bonchev–Trinajstić information content (AvgIpc) is 2.79. The zero-order chi connectivity index (χ0) is 14.9. The highest BCUT2D eigenvalue weighted by atomic mass is 32.2. The minimum Gasteiger partial charge on any atom is -0.480 e. The van der Waals surface area contributed by atoms with Crippen LogP contribution in [-0.2, 0) is 4.79 Å². The highest BCUT2D eigenvalue weighted by Crippen LogP contribution is 2.30. The first kappa shape index (κ1) is 14.7. The average molecular weight is 294 g/mol. The molecule has 1 aromatic rings. The fourth-order valence-electron chi connectivity index (χ4n) is 2.24. The Balaban J connectivity index is 2.23. The second kappa shape index (κ2) is 5.75. The Morgan fingerprint density at radius 1 is 1.45 bits per heavy atom. The Labute approximate surface area is 122 Å². The zero-order valence-corrected chi connectivity index (χ0v) is 12.6. The van der Waals surface area contributed by atoms with Crippen LogP contribution in [0.2, 0.25) is 0 Å². The minimum atomic E-state index is -0.951. The number of carbonyl (C=O) groups excluding carboxylic acids is 1. The van der Waals surface area contributed by atoms with E-state index in [0.717, 1.165) is 11.3 Å². The van der Waals surface area contributed by atoms with Crippen molar-refractivity contribution in [1.29, 1.82) is 0 Å². The lowest BCUT2D eigenvalue weighted by Gasteiger charge is -2.30. The molecule has 1 saturated heterocycles. The Morgan fingerprint density at radius 2 is 2.15 bits per heavy atom. The van der Waals surface area contributed by atoms with Crippen molar-refractivity contribution < 1.29 is 14.7 Å². The largest absolute Gasteiger partial charge is 0.480 e. The van der Waals surface area contributed by atoms with Gasteiger partial charge < -0.3 is 5.11 Å². The molecule has 0 spiro atoms. The molecule has 20 heavy (non-hydrogen) atoms. The number of carbonyl (C=O) groups is 2. The SMILES string of the molecule is Cc1cccc(N(C)C(=O)N2C(C)SCC2C(=O)O)c1. The maximum Gasteiger partial charge on any atom is 0.327 e. The molecule has 1 heterocycles. The van der Waals surface area contributed by atoms with Crippen molar-refractivity contribution in [3.05, 3.63) is 29.8 Å². The standard InChI is InChI=1S/C14H18N2O3S/c1-9-5-4-6-11(7-9)15(3)14(19)16-10(2)20-8-12(16)13(17)18/h4-7,10,12H,8H2,1-3H3,(H,17,18). The maximum absolute atomic E-state index is 12.6. The van der Waals surface area contributed by atoms with E-state index in [0.29, 0.717) is 5.75 Å². The smallest absolute Gasteiger partial charge is 0.327 e. The van der Waals surface area contributed by atoms with Crippen LogP contribution >= 0.6 is 11.8 Å². The van der Waals surface area contributed by atoms with Crippen molar-refractivity contribution in [2.24, 2.45) is 0 Å². The summed E-state index contributed by atoms with van der Waals surface area (Å²) in [5.74, 6) is -0.517. The number of carboxylic acid groups (broad SMARTS) is 1. The predicted molar refractivity (Wildman–Crippen MR) is 80.2 cm³/mol. The number of nitrogens with zero attached hydrogens (tertiary/aromatic N) is 2. The van der Waals surface area contributed by atoms with Gasteiger partial charge in [-0.25, -0.2) is 9.59 Å². The van der Waals surface area contributed by atoms with Gasteiger partial charge in [-0.05, 0) is 31.5 Å². The van der Waals surface area contributed by atoms with Crippen molar-refractivity contribution in [2.75, 3.05) is 17.7 Å². The number of hydrogen-bond donors (Lipinski definition) is 1. The second-order valence-corrected chi connectivity index (χ2v) is 6.22. The number of amides is 2. The molecule has 1 aliphatic rings. The third kappa shape index (κ3) is 2.75. The molecule has 108 valence electrons. The molecule has 5 nitrogen and oxygen atoms in total. The minimum absolute atomic E-state index is 0.129. The van der Waals surface area contributed by atoms with Crippen LogP contribution in [0.15, 0.2) is 24.3 Å². The Hall–Kier alpha value is -1.69. The summed E-state index contributed by atoms with van der Waals surface area (Å²) in [5.41, 5.74) is 1.82. The molecule has 0 aliphatic carbocycles. The van der Waals surface area contributed by atoms with Gasteiger partial charge in [0.05, 0.1) is 5.37 Å². The van der Waals surface area contributed by atoms with E-state index >= 15 is 0 Å². The van der Waals surface area contributed by atoms with E-state index < -0.39 is 12.0 Å².